The van der Waals surface area contributed by atoms with Crippen molar-refractivity contribution < 1.29 is 9.18 Å². The van der Waals surface area contributed by atoms with Crippen LogP contribution in [0.3, 0.4) is 0 Å². The van der Waals surface area contributed by atoms with E-state index in [1.165, 1.54) is 23.4 Å². The van der Waals surface area contributed by atoms with Crippen LogP contribution in [0.25, 0.3) is 0 Å². The second-order valence-corrected chi connectivity index (χ2v) is 6.56. The maximum atomic E-state index is 13.5. The third kappa shape index (κ3) is 6.45. The van der Waals surface area contributed by atoms with Crippen molar-refractivity contribution in [1.29, 1.82) is 0 Å². The Morgan fingerprint density at radius 2 is 1.83 bits per heavy atom. The Bertz CT molecular complexity index is 618. The first-order chi connectivity index (χ1) is 11.1. The lowest BCUT2D eigenvalue weighted by Gasteiger charge is -2.14. The standard InChI is InChI=1S/C19H22FNOS/c1-15(11-12-16-7-3-2-4-8-16)21-19(22)14-23-13-17-9-5-6-10-18(17)20/h2-10,15H,11-14H2,1H3,(H,21,22)/t15-/m0/s1. The molecule has 1 N–H and O–H groups in total. The zero-order valence-corrected chi connectivity index (χ0v) is 14.1. The first-order valence-electron chi connectivity index (χ1n) is 7.79. The van der Waals surface area contributed by atoms with Crippen LogP contribution in [0.1, 0.15) is 24.5 Å². The van der Waals surface area contributed by atoms with E-state index in [9.17, 15) is 9.18 Å². The quantitative estimate of drug-likeness (QED) is 0.785. The van der Waals surface area contributed by atoms with Gasteiger partial charge in [0.1, 0.15) is 5.82 Å². The Morgan fingerprint density at radius 1 is 1.13 bits per heavy atom. The number of carbonyl (C=O) groups is 1. The summed E-state index contributed by atoms with van der Waals surface area (Å²) >= 11 is 1.43. The molecule has 0 radical (unpaired) electrons. The first-order valence-corrected chi connectivity index (χ1v) is 8.95. The molecule has 1 atom stereocenters. The van der Waals surface area contributed by atoms with Crippen LogP contribution in [0.4, 0.5) is 4.39 Å². The molecular weight excluding hydrogens is 309 g/mol. The molecule has 0 spiro atoms. The third-order valence-corrected chi connectivity index (χ3v) is 4.55. The van der Waals surface area contributed by atoms with Gasteiger partial charge in [0.25, 0.3) is 0 Å². The number of nitrogens with one attached hydrogen (secondary N) is 1. The molecule has 2 aromatic rings. The first kappa shape index (κ1) is 17.5. The highest BCUT2D eigenvalue weighted by molar-refractivity contribution is 7.99. The lowest BCUT2D eigenvalue weighted by molar-refractivity contribution is -0.119. The van der Waals surface area contributed by atoms with Gasteiger partial charge >= 0.3 is 0 Å². The van der Waals surface area contributed by atoms with Crippen molar-refractivity contribution >= 4 is 17.7 Å². The molecule has 23 heavy (non-hydrogen) atoms. The minimum atomic E-state index is -0.211. The van der Waals surface area contributed by atoms with Crippen LogP contribution in [0.15, 0.2) is 54.6 Å². The van der Waals surface area contributed by atoms with Crippen LogP contribution >= 0.6 is 11.8 Å². The number of carbonyl (C=O) groups excluding carboxylic acids is 1. The van der Waals surface area contributed by atoms with Gasteiger partial charge in [0, 0.05) is 11.8 Å². The van der Waals surface area contributed by atoms with Gasteiger partial charge in [0.15, 0.2) is 0 Å². The Hall–Kier alpha value is -1.81. The van der Waals surface area contributed by atoms with Gasteiger partial charge in [0.2, 0.25) is 5.91 Å². The third-order valence-electron chi connectivity index (χ3n) is 3.56. The molecular formula is C19H22FNOS. The van der Waals surface area contributed by atoms with Gasteiger partial charge in [-0.25, -0.2) is 4.39 Å². The zero-order valence-electron chi connectivity index (χ0n) is 13.3. The van der Waals surface area contributed by atoms with Crippen LogP contribution in [0.5, 0.6) is 0 Å². The van der Waals surface area contributed by atoms with Gasteiger partial charge in [-0.3, -0.25) is 4.79 Å². The number of benzene rings is 2. The second kappa shape index (κ2) is 9.36. The van der Waals surface area contributed by atoms with Crippen molar-refractivity contribution in [2.45, 2.75) is 31.6 Å². The normalized spacial score (nSPS) is 11.9. The molecule has 1 amide bonds. The number of thioether (sulfide) groups is 1. The second-order valence-electron chi connectivity index (χ2n) is 5.58. The summed E-state index contributed by atoms with van der Waals surface area (Å²) in [5, 5.41) is 3.00. The van der Waals surface area contributed by atoms with Crippen molar-refractivity contribution in [3.8, 4) is 0 Å². The summed E-state index contributed by atoms with van der Waals surface area (Å²) in [4.78, 5) is 11.9. The number of hydrogen-bond acceptors (Lipinski definition) is 2. The predicted octanol–water partition coefficient (Wildman–Crippen LogP) is 4.20. The van der Waals surface area contributed by atoms with E-state index in [2.05, 4.69) is 17.4 Å². The van der Waals surface area contributed by atoms with E-state index in [0.29, 0.717) is 17.1 Å². The molecule has 122 valence electrons. The number of aryl methyl sites for hydroxylation is 1. The zero-order chi connectivity index (χ0) is 16.5. The maximum absolute atomic E-state index is 13.5. The fourth-order valence-electron chi connectivity index (χ4n) is 2.29. The van der Waals surface area contributed by atoms with Crippen molar-refractivity contribution in [2.24, 2.45) is 0 Å². The molecule has 0 fully saturated rings. The minimum Gasteiger partial charge on any atom is -0.353 e. The highest BCUT2D eigenvalue weighted by Crippen LogP contribution is 2.15. The molecule has 0 aromatic heterocycles. The molecule has 0 aliphatic carbocycles. The molecule has 0 heterocycles. The van der Waals surface area contributed by atoms with E-state index in [1.807, 2.05) is 31.2 Å². The van der Waals surface area contributed by atoms with Crippen molar-refractivity contribution in [1.82, 2.24) is 5.32 Å². The van der Waals surface area contributed by atoms with Gasteiger partial charge in [-0.15, -0.1) is 11.8 Å². The topological polar surface area (TPSA) is 29.1 Å². The van der Waals surface area contributed by atoms with Crippen LogP contribution in [-0.2, 0) is 17.0 Å². The van der Waals surface area contributed by atoms with E-state index >= 15 is 0 Å². The monoisotopic (exact) mass is 331 g/mol. The average Bonchev–Trinajstić information content (AvgIpc) is 2.56. The number of rotatable bonds is 8. The van der Waals surface area contributed by atoms with Crippen LogP contribution in [-0.4, -0.2) is 17.7 Å². The summed E-state index contributed by atoms with van der Waals surface area (Å²) in [5.74, 6) is 0.659. The Labute approximate surface area is 141 Å². The Balaban J connectivity index is 1.65. The van der Waals surface area contributed by atoms with Crippen LogP contribution in [0.2, 0.25) is 0 Å². The van der Waals surface area contributed by atoms with Crippen LogP contribution in [0, 0.1) is 5.82 Å². The smallest absolute Gasteiger partial charge is 0.230 e. The van der Waals surface area contributed by atoms with Gasteiger partial charge in [-0.05, 0) is 37.0 Å². The number of amides is 1. The molecule has 0 saturated carbocycles. The summed E-state index contributed by atoms with van der Waals surface area (Å²) < 4.78 is 13.5. The van der Waals surface area contributed by atoms with Gasteiger partial charge in [-0.1, -0.05) is 48.5 Å². The summed E-state index contributed by atoms with van der Waals surface area (Å²) in [6.45, 7) is 2.02. The lowest BCUT2D eigenvalue weighted by Crippen LogP contribution is -2.34. The van der Waals surface area contributed by atoms with E-state index in [0.717, 1.165) is 12.8 Å². The molecule has 4 heteroatoms. The summed E-state index contributed by atoms with van der Waals surface area (Å²) in [5.41, 5.74) is 1.92. The van der Waals surface area contributed by atoms with E-state index in [4.69, 9.17) is 0 Å². The number of halogens is 1. The van der Waals surface area contributed by atoms with Crippen molar-refractivity contribution in [3.63, 3.8) is 0 Å². The number of hydrogen-bond donors (Lipinski definition) is 1. The highest BCUT2D eigenvalue weighted by atomic mass is 32.2. The molecule has 2 rings (SSSR count). The van der Waals surface area contributed by atoms with Gasteiger partial charge in [0.05, 0.1) is 5.75 Å². The lowest BCUT2D eigenvalue weighted by atomic mass is 10.1. The largest absolute Gasteiger partial charge is 0.353 e. The van der Waals surface area contributed by atoms with Crippen molar-refractivity contribution in [3.05, 3.63) is 71.5 Å². The van der Waals surface area contributed by atoms with E-state index in [-0.39, 0.29) is 17.8 Å². The predicted molar refractivity (Wildman–Crippen MR) is 94.9 cm³/mol. The van der Waals surface area contributed by atoms with Crippen molar-refractivity contribution in [2.75, 3.05) is 5.75 Å². The molecule has 0 bridgehead atoms. The fourth-order valence-corrected chi connectivity index (χ4v) is 3.11. The van der Waals surface area contributed by atoms with Gasteiger partial charge < -0.3 is 5.32 Å². The Kier molecular flexibility index (Phi) is 7.14. The fraction of sp³-hybridized carbons (Fsp3) is 0.316. The van der Waals surface area contributed by atoms with Gasteiger partial charge in [-0.2, -0.15) is 0 Å². The molecule has 0 aliphatic rings. The highest BCUT2D eigenvalue weighted by Gasteiger charge is 2.08. The average molecular weight is 331 g/mol. The summed E-state index contributed by atoms with van der Waals surface area (Å²) in [7, 11) is 0. The summed E-state index contributed by atoms with van der Waals surface area (Å²) in [6, 6.07) is 17.1. The molecule has 0 aliphatic heterocycles. The minimum absolute atomic E-state index is 0.00639. The molecule has 2 nitrogen and oxygen atoms in total. The Morgan fingerprint density at radius 3 is 2.57 bits per heavy atom. The summed E-state index contributed by atoms with van der Waals surface area (Å²) in [6.07, 6.45) is 1.86. The van der Waals surface area contributed by atoms with E-state index < -0.39 is 0 Å². The SMILES string of the molecule is C[C@@H](CCc1ccccc1)NC(=O)CSCc1ccccc1F. The maximum Gasteiger partial charge on any atom is 0.230 e. The molecule has 0 unspecified atom stereocenters. The molecule has 0 saturated heterocycles. The molecule has 2 aromatic carbocycles. The van der Waals surface area contributed by atoms with Crippen LogP contribution < -0.4 is 5.32 Å². The van der Waals surface area contributed by atoms with E-state index in [1.54, 1.807) is 12.1 Å².